The van der Waals surface area contributed by atoms with E-state index >= 15 is 0 Å². The molecule has 0 aliphatic heterocycles. The first-order chi connectivity index (χ1) is 9.66. The van der Waals surface area contributed by atoms with Crippen LogP contribution in [0.1, 0.15) is 31.4 Å². The number of amides is 2. The molecule has 2 rings (SSSR count). The van der Waals surface area contributed by atoms with Crippen LogP contribution in [0.2, 0.25) is 0 Å². The number of urea groups is 1. The van der Waals surface area contributed by atoms with Crippen LogP contribution < -0.4 is 10.6 Å². The van der Waals surface area contributed by atoms with Gasteiger partial charge in [-0.05, 0) is 12.8 Å². The number of nitrogens with zero attached hydrogens (tertiary/aromatic N) is 1. The van der Waals surface area contributed by atoms with Crippen molar-refractivity contribution in [2.45, 2.75) is 38.1 Å². The van der Waals surface area contributed by atoms with Crippen LogP contribution in [0.25, 0.3) is 0 Å². The van der Waals surface area contributed by atoms with Crippen molar-refractivity contribution in [3.05, 3.63) is 16.6 Å². The number of nitrogens with one attached hydrogen (secondary N) is 2. The topological polar surface area (TPSA) is 91.3 Å². The van der Waals surface area contributed by atoms with Crippen molar-refractivity contribution in [3.63, 3.8) is 0 Å². The summed E-state index contributed by atoms with van der Waals surface area (Å²) < 4.78 is 0. The van der Waals surface area contributed by atoms with E-state index in [1.54, 1.807) is 5.51 Å². The number of rotatable bonds is 5. The van der Waals surface area contributed by atoms with Crippen LogP contribution in [0.5, 0.6) is 0 Å². The molecule has 1 fully saturated rings. The van der Waals surface area contributed by atoms with E-state index in [4.69, 9.17) is 5.11 Å². The Bertz CT molecular complexity index is 450. The molecule has 0 spiro atoms. The largest absolute Gasteiger partial charge is 0.481 e. The zero-order valence-electron chi connectivity index (χ0n) is 11.2. The fourth-order valence-electron chi connectivity index (χ4n) is 2.48. The quantitative estimate of drug-likeness (QED) is 0.770. The van der Waals surface area contributed by atoms with Crippen LogP contribution in [0.15, 0.2) is 10.9 Å². The van der Waals surface area contributed by atoms with Gasteiger partial charge in [0.1, 0.15) is 0 Å². The van der Waals surface area contributed by atoms with E-state index in [0.29, 0.717) is 19.4 Å². The molecule has 6 nitrogen and oxygen atoms in total. The molecule has 7 heteroatoms. The van der Waals surface area contributed by atoms with Gasteiger partial charge in [0.15, 0.2) is 0 Å². The Morgan fingerprint density at radius 2 is 2.20 bits per heavy atom. The predicted octanol–water partition coefficient (Wildman–Crippen LogP) is 1.63. The Morgan fingerprint density at radius 3 is 2.90 bits per heavy atom. The summed E-state index contributed by atoms with van der Waals surface area (Å²) in [5, 5.41) is 16.6. The third kappa shape index (κ3) is 4.19. The second kappa shape index (κ2) is 7.23. The van der Waals surface area contributed by atoms with Crippen molar-refractivity contribution in [1.29, 1.82) is 0 Å². The van der Waals surface area contributed by atoms with Crippen LogP contribution in [0.4, 0.5) is 4.79 Å². The van der Waals surface area contributed by atoms with E-state index in [9.17, 15) is 9.59 Å². The van der Waals surface area contributed by atoms with Crippen LogP contribution in [-0.2, 0) is 11.2 Å². The molecule has 2 amide bonds. The van der Waals surface area contributed by atoms with Gasteiger partial charge in [0.2, 0.25) is 0 Å². The molecule has 110 valence electrons. The Labute approximate surface area is 121 Å². The second-order valence-corrected chi connectivity index (χ2v) is 5.68. The van der Waals surface area contributed by atoms with Gasteiger partial charge >= 0.3 is 12.0 Å². The average Bonchev–Trinajstić information content (AvgIpc) is 2.92. The van der Waals surface area contributed by atoms with Gasteiger partial charge in [-0.1, -0.05) is 12.8 Å². The molecule has 2 atom stereocenters. The Morgan fingerprint density at radius 1 is 1.40 bits per heavy atom. The number of carbonyl (C=O) groups excluding carboxylic acids is 1. The maximum absolute atomic E-state index is 11.8. The molecule has 1 aromatic heterocycles. The number of thiazole rings is 1. The number of hydrogen-bond donors (Lipinski definition) is 3. The van der Waals surface area contributed by atoms with E-state index in [1.807, 2.05) is 5.38 Å². The molecule has 0 aromatic carbocycles. The molecule has 3 N–H and O–H groups in total. The molecule has 20 heavy (non-hydrogen) atoms. The summed E-state index contributed by atoms with van der Waals surface area (Å²) in [5.41, 5.74) is 2.71. The summed E-state index contributed by atoms with van der Waals surface area (Å²) in [7, 11) is 0. The molecule has 1 saturated carbocycles. The third-order valence-electron chi connectivity index (χ3n) is 3.55. The maximum Gasteiger partial charge on any atom is 0.315 e. The lowest BCUT2D eigenvalue weighted by Gasteiger charge is -2.29. The van der Waals surface area contributed by atoms with Gasteiger partial charge in [0.25, 0.3) is 0 Å². The van der Waals surface area contributed by atoms with Gasteiger partial charge in [-0.15, -0.1) is 11.3 Å². The van der Waals surface area contributed by atoms with Crippen molar-refractivity contribution < 1.29 is 14.7 Å². The average molecular weight is 297 g/mol. The molecule has 1 heterocycles. The highest BCUT2D eigenvalue weighted by Gasteiger charge is 2.31. The monoisotopic (exact) mass is 297 g/mol. The summed E-state index contributed by atoms with van der Waals surface area (Å²) in [4.78, 5) is 27.0. The Kier molecular flexibility index (Phi) is 5.34. The third-order valence-corrected chi connectivity index (χ3v) is 4.19. The smallest absolute Gasteiger partial charge is 0.315 e. The molecule has 2 unspecified atom stereocenters. The van der Waals surface area contributed by atoms with Crippen molar-refractivity contribution in [1.82, 2.24) is 15.6 Å². The standard InChI is InChI=1S/C13H19N3O3S/c17-12(18)10-3-1-2-4-11(10)16-13(19)14-6-5-9-7-20-8-15-9/h7-8,10-11H,1-6H2,(H,17,18)(H2,14,16,19). The molecule has 1 aliphatic rings. The van der Waals surface area contributed by atoms with Gasteiger partial charge < -0.3 is 15.7 Å². The van der Waals surface area contributed by atoms with Gasteiger partial charge in [-0.3, -0.25) is 4.79 Å². The Hall–Kier alpha value is -1.63. The van der Waals surface area contributed by atoms with E-state index in [-0.39, 0.29) is 12.1 Å². The number of hydrogen-bond acceptors (Lipinski definition) is 4. The number of carboxylic acid groups (broad SMARTS) is 1. The summed E-state index contributed by atoms with van der Waals surface area (Å²) in [6, 6.07) is -0.557. The summed E-state index contributed by atoms with van der Waals surface area (Å²) in [6.07, 6.45) is 3.94. The lowest BCUT2D eigenvalue weighted by molar-refractivity contribution is -0.143. The molecular formula is C13H19N3O3S. The van der Waals surface area contributed by atoms with E-state index in [1.165, 1.54) is 11.3 Å². The Balaban J connectivity index is 1.73. The molecule has 0 saturated heterocycles. The highest BCUT2D eigenvalue weighted by Crippen LogP contribution is 2.24. The molecule has 1 aromatic rings. The SMILES string of the molecule is O=C(NCCc1cscn1)NC1CCCCC1C(=O)O. The minimum atomic E-state index is -0.822. The van der Waals surface area contributed by atoms with E-state index < -0.39 is 11.9 Å². The number of carbonyl (C=O) groups is 2. The van der Waals surface area contributed by atoms with Crippen LogP contribution in [0.3, 0.4) is 0 Å². The first-order valence-corrected chi connectivity index (χ1v) is 7.75. The lowest BCUT2D eigenvalue weighted by Crippen LogP contribution is -2.49. The van der Waals surface area contributed by atoms with E-state index in [0.717, 1.165) is 25.0 Å². The minimum Gasteiger partial charge on any atom is -0.481 e. The first kappa shape index (κ1) is 14.8. The fourth-order valence-corrected chi connectivity index (χ4v) is 3.08. The van der Waals surface area contributed by atoms with Crippen molar-refractivity contribution in [2.24, 2.45) is 5.92 Å². The van der Waals surface area contributed by atoms with Crippen molar-refractivity contribution in [3.8, 4) is 0 Å². The van der Waals surface area contributed by atoms with Gasteiger partial charge in [-0.2, -0.15) is 0 Å². The van der Waals surface area contributed by atoms with Gasteiger partial charge in [0, 0.05) is 24.4 Å². The minimum absolute atomic E-state index is 0.263. The highest BCUT2D eigenvalue weighted by atomic mass is 32.1. The summed E-state index contributed by atoms with van der Waals surface area (Å²) >= 11 is 1.53. The van der Waals surface area contributed by atoms with Crippen LogP contribution in [0, 0.1) is 5.92 Å². The van der Waals surface area contributed by atoms with Crippen molar-refractivity contribution >= 4 is 23.3 Å². The maximum atomic E-state index is 11.8. The zero-order valence-corrected chi connectivity index (χ0v) is 12.0. The highest BCUT2D eigenvalue weighted by molar-refractivity contribution is 7.07. The predicted molar refractivity (Wildman–Crippen MR) is 75.7 cm³/mol. The molecular weight excluding hydrogens is 278 g/mol. The second-order valence-electron chi connectivity index (χ2n) is 4.97. The first-order valence-electron chi connectivity index (χ1n) is 6.81. The van der Waals surface area contributed by atoms with Gasteiger partial charge in [0.05, 0.1) is 17.1 Å². The number of aromatic nitrogens is 1. The summed E-state index contributed by atoms with van der Waals surface area (Å²) in [5.74, 6) is -1.29. The molecule has 1 aliphatic carbocycles. The van der Waals surface area contributed by atoms with Crippen molar-refractivity contribution in [2.75, 3.05) is 6.54 Å². The normalized spacial score (nSPS) is 22.2. The van der Waals surface area contributed by atoms with Crippen LogP contribution >= 0.6 is 11.3 Å². The zero-order chi connectivity index (χ0) is 14.4. The number of carboxylic acids is 1. The van der Waals surface area contributed by atoms with Crippen LogP contribution in [-0.4, -0.2) is 34.7 Å². The lowest BCUT2D eigenvalue weighted by atomic mass is 9.84. The molecule has 0 radical (unpaired) electrons. The number of aliphatic carboxylic acids is 1. The van der Waals surface area contributed by atoms with Gasteiger partial charge in [-0.25, -0.2) is 9.78 Å². The van der Waals surface area contributed by atoms with E-state index in [2.05, 4.69) is 15.6 Å². The summed E-state index contributed by atoms with van der Waals surface area (Å²) in [6.45, 7) is 0.500. The fraction of sp³-hybridized carbons (Fsp3) is 0.615. The molecule has 0 bridgehead atoms.